The van der Waals surface area contributed by atoms with E-state index >= 15 is 0 Å². The van der Waals surface area contributed by atoms with Gasteiger partial charge in [0, 0.05) is 43.8 Å². The molecule has 6 heteroatoms. The van der Waals surface area contributed by atoms with Gasteiger partial charge in [0.25, 0.3) is 5.91 Å². The number of carbonyl (C=O) groups is 2. The smallest absolute Gasteiger partial charge is 0.257 e. The summed E-state index contributed by atoms with van der Waals surface area (Å²) >= 11 is 0. The number of carbonyl (C=O) groups excluding carboxylic acids is 2. The lowest BCUT2D eigenvalue weighted by Crippen LogP contribution is -2.45. The zero-order chi connectivity index (χ0) is 18.0. The summed E-state index contributed by atoms with van der Waals surface area (Å²) in [6, 6.07) is 0.245. The van der Waals surface area contributed by atoms with Gasteiger partial charge in [-0.3, -0.25) is 14.3 Å². The van der Waals surface area contributed by atoms with Crippen molar-refractivity contribution in [2.24, 2.45) is 5.92 Å². The fraction of sp³-hybridized carbons (Fsp3) is 0.737. The highest BCUT2D eigenvalue weighted by molar-refractivity contribution is 5.95. The molecule has 2 amide bonds. The molecule has 2 aliphatic rings. The summed E-state index contributed by atoms with van der Waals surface area (Å²) in [5, 5.41) is 4.34. The first-order valence-electron chi connectivity index (χ1n) is 9.61. The van der Waals surface area contributed by atoms with Gasteiger partial charge in [0.05, 0.1) is 11.8 Å². The number of hydrogen-bond donors (Lipinski definition) is 0. The monoisotopic (exact) mass is 346 g/mol. The molecule has 0 saturated carbocycles. The van der Waals surface area contributed by atoms with Crippen molar-refractivity contribution in [1.82, 2.24) is 19.6 Å². The molecule has 0 bridgehead atoms. The Labute approximate surface area is 150 Å². The van der Waals surface area contributed by atoms with Gasteiger partial charge in [-0.15, -0.1) is 0 Å². The summed E-state index contributed by atoms with van der Waals surface area (Å²) in [4.78, 5) is 29.4. The van der Waals surface area contributed by atoms with E-state index in [-0.39, 0.29) is 17.9 Å². The Morgan fingerprint density at radius 2 is 1.68 bits per heavy atom. The second kappa shape index (κ2) is 7.58. The average Bonchev–Trinajstić information content (AvgIpc) is 3.03. The summed E-state index contributed by atoms with van der Waals surface area (Å²) in [6.07, 6.45) is 6.73. The van der Waals surface area contributed by atoms with Gasteiger partial charge in [-0.1, -0.05) is 0 Å². The predicted molar refractivity (Wildman–Crippen MR) is 96.4 cm³/mol. The lowest BCUT2D eigenvalue weighted by atomic mass is 9.94. The summed E-state index contributed by atoms with van der Waals surface area (Å²) < 4.78 is 1.89. The molecule has 0 atom stereocenters. The molecule has 0 N–H and O–H groups in total. The maximum absolute atomic E-state index is 12.8. The largest absolute Gasteiger partial charge is 0.342 e. The van der Waals surface area contributed by atoms with Crippen LogP contribution in [0, 0.1) is 12.8 Å². The third-order valence-electron chi connectivity index (χ3n) is 5.56. The molecule has 0 radical (unpaired) electrons. The predicted octanol–water partition coefficient (Wildman–Crippen LogP) is 2.64. The van der Waals surface area contributed by atoms with Crippen LogP contribution in [-0.4, -0.2) is 57.6 Å². The zero-order valence-corrected chi connectivity index (χ0v) is 15.7. The molecule has 2 fully saturated rings. The van der Waals surface area contributed by atoms with E-state index in [0.717, 1.165) is 44.5 Å². The summed E-state index contributed by atoms with van der Waals surface area (Å²) in [5.41, 5.74) is 1.61. The van der Waals surface area contributed by atoms with Crippen molar-refractivity contribution in [2.75, 3.05) is 26.2 Å². The van der Waals surface area contributed by atoms with Crippen LogP contribution >= 0.6 is 0 Å². The van der Waals surface area contributed by atoms with Crippen LogP contribution in [0.25, 0.3) is 0 Å². The van der Waals surface area contributed by atoms with Crippen LogP contribution in [0.15, 0.2) is 6.20 Å². The summed E-state index contributed by atoms with van der Waals surface area (Å²) in [5.74, 6) is 0.436. The third-order valence-corrected chi connectivity index (χ3v) is 5.56. The molecule has 0 aromatic carbocycles. The van der Waals surface area contributed by atoms with Crippen LogP contribution in [0.2, 0.25) is 0 Å². The Hall–Kier alpha value is -1.85. The molecule has 3 rings (SSSR count). The average molecular weight is 346 g/mol. The number of likely N-dealkylation sites (tertiary alicyclic amines) is 2. The van der Waals surface area contributed by atoms with Crippen molar-refractivity contribution in [3.05, 3.63) is 17.5 Å². The molecule has 1 aromatic rings. The Kier molecular flexibility index (Phi) is 5.45. The fourth-order valence-corrected chi connectivity index (χ4v) is 4.03. The molecule has 1 aromatic heterocycles. The highest BCUT2D eigenvalue weighted by atomic mass is 16.2. The van der Waals surface area contributed by atoms with Crippen molar-refractivity contribution in [1.29, 1.82) is 0 Å². The first-order valence-corrected chi connectivity index (χ1v) is 9.61. The lowest BCUT2D eigenvalue weighted by molar-refractivity contribution is -0.137. The summed E-state index contributed by atoms with van der Waals surface area (Å²) in [7, 11) is 0. The van der Waals surface area contributed by atoms with E-state index in [2.05, 4.69) is 18.9 Å². The van der Waals surface area contributed by atoms with Crippen LogP contribution < -0.4 is 0 Å². The highest BCUT2D eigenvalue weighted by Gasteiger charge is 2.31. The van der Waals surface area contributed by atoms with E-state index in [1.807, 2.05) is 21.4 Å². The number of aromatic nitrogens is 2. The molecule has 138 valence electrons. The van der Waals surface area contributed by atoms with Gasteiger partial charge < -0.3 is 9.80 Å². The lowest BCUT2D eigenvalue weighted by Gasteiger charge is -2.35. The van der Waals surface area contributed by atoms with Gasteiger partial charge >= 0.3 is 0 Å². The van der Waals surface area contributed by atoms with E-state index in [0.29, 0.717) is 24.6 Å². The van der Waals surface area contributed by atoms with Crippen LogP contribution in [0.3, 0.4) is 0 Å². The SMILES string of the molecule is Cc1c(C(=O)N2CCC(C(=O)N3CCCCC3)CC2)cnn1C(C)C. The standard InChI is InChI=1S/C19H30N4O2/c1-14(2)23-15(3)17(13-20-23)19(25)22-11-7-16(8-12-22)18(24)21-9-5-4-6-10-21/h13-14,16H,4-12H2,1-3H3. The van der Waals surface area contributed by atoms with E-state index < -0.39 is 0 Å². The third kappa shape index (κ3) is 3.72. The van der Waals surface area contributed by atoms with Gasteiger partial charge in [-0.25, -0.2) is 0 Å². The number of rotatable bonds is 3. The summed E-state index contributed by atoms with van der Waals surface area (Å²) in [6.45, 7) is 9.21. The molecular weight excluding hydrogens is 316 g/mol. The Bertz CT molecular complexity index is 623. The molecular formula is C19H30N4O2. The highest BCUT2D eigenvalue weighted by Crippen LogP contribution is 2.24. The van der Waals surface area contributed by atoms with Crippen LogP contribution in [-0.2, 0) is 4.79 Å². The van der Waals surface area contributed by atoms with Crippen LogP contribution in [0.1, 0.15) is 68.0 Å². The molecule has 0 aliphatic carbocycles. The van der Waals surface area contributed by atoms with E-state index in [1.165, 1.54) is 6.42 Å². The second-order valence-electron chi connectivity index (χ2n) is 7.63. The maximum atomic E-state index is 12.8. The van der Waals surface area contributed by atoms with Gasteiger partial charge in [0.15, 0.2) is 0 Å². The molecule has 0 unspecified atom stereocenters. The molecule has 6 nitrogen and oxygen atoms in total. The maximum Gasteiger partial charge on any atom is 0.257 e. The van der Waals surface area contributed by atoms with Gasteiger partial charge in [0.2, 0.25) is 5.91 Å². The van der Waals surface area contributed by atoms with Crippen molar-refractivity contribution in [3.8, 4) is 0 Å². The zero-order valence-electron chi connectivity index (χ0n) is 15.7. The minimum absolute atomic E-state index is 0.0493. The number of piperidine rings is 2. The van der Waals surface area contributed by atoms with Crippen molar-refractivity contribution in [2.45, 2.75) is 58.9 Å². The van der Waals surface area contributed by atoms with Crippen molar-refractivity contribution >= 4 is 11.8 Å². The quantitative estimate of drug-likeness (QED) is 0.845. The Balaban J connectivity index is 1.58. The second-order valence-corrected chi connectivity index (χ2v) is 7.63. The Morgan fingerprint density at radius 1 is 1.04 bits per heavy atom. The van der Waals surface area contributed by atoms with Crippen molar-refractivity contribution in [3.63, 3.8) is 0 Å². The topological polar surface area (TPSA) is 58.4 Å². The van der Waals surface area contributed by atoms with Gasteiger partial charge in [0.1, 0.15) is 0 Å². The molecule has 2 aliphatic heterocycles. The molecule has 3 heterocycles. The van der Waals surface area contributed by atoms with Gasteiger partial charge in [-0.05, 0) is 52.9 Å². The first-order chi connectivity index (χ1) is 12.0. The van der Waals surface area contributed by atoms with E-state index in [9.17, 15) is 9.59 Å². The van der Waals surface area contributed by atoms with E-state index in [1.54, 1.807) is 6.20 Å². The van der Waals surface area contributed by atoms with E-state index in [4.69, 9.17) is 0 Å². The molecule has 0 spiro atoms. The van der Waals surface area contributed by atoms with Gasteiger partial charge in [-0.2, -0.15) is 5.10 Å². The Morgan fingerprint density at radius 3 is 2.24 bits per heavy atom. The molecule has 2 saturated heterocycles. The van der Waals surface area contributed by atoms with Crippen LogP contribution in [0.4, 0.5) is 0 Å². The number of nitrogens with zero attached hydrogens (tertiary/aromatic N) is 4. The molecule has 25 heavy (non-hydrogen) atoms. The fourth-order valence-electron chi connectivity index (χ4n) is 4.03. The number of amides is 2. The van der Waals surface area contributed by atoms with Crippen LogP contribution in [0.5, 0.6) is 0 Å². The number of hydrogen-bond acceptors (Lipinski definition) is 3. The van der Waals surface area contributed by atoms with Crippen molar-refractivity contribution < 1.29 is 9.59 Å². The minimum atomic E-state index is 0.0493. The first kappa shape index (κ1) is 18.0. The normalized spacial score (nSPS) is 19.5. The minimum Gasteiger partial charge on any atom is -0.342 e.